The van der Waals surface area contributed by atoms with E-state index in [1.807, 2.05) is 0 Å². The van der Waals surface area contributed by atoms with Crippen LogP contribution in [0.25, 0.3) is 0 Å². The fourth-order valence-corrected chi connectivity index (χ4v) is 6.57. The van der Waals surface area contributed by atoms with Gasteiger partial charge >= 0.3 is 5.97 Å². The Labute approximate surface area is 174 Å². The summed E-state index contributed by atoms with van der Waals surface area (Å²) in [5, 5.41) is 0. The molecule has 2 unspecified atom stereocenters. The molecule has 1 aromatic carbocycles. The van der Waals surface area contributed by atoms with Crippen molar-refractivity contribution < 1.29 is 9.53 Å². The van der Waals surface area contributed by atoms with Gasteiger partial charge in [0.1, 0.15) is 6.10 Å². The Kier molecular flexibility index (Phi) is 4.93. The third-order valence-corrected chi connectivity index (χ3v) is 8.27. The Morgan fingerprint density at radius 3 is 2.69 bits per heavy atom. The number of fused-ring (bicyclic) bond motifs is 2. The molecule has 1 aromatic rings. The number of esters is 1. The SMILES string of the molecule is C=C1CCC[C@]2(C)C[C@H]3OC(=O)C(CN4CCN(c5ccccc5)CC4)[C@H]3CC12. The summed E-state index contributed by atoms with van der Waals surface area (Å²) in [6, 6.07) is 10.6. The highest BCUT2D eigenvalue weighted by molar-refractivity contribution is 5.75. The molecule has 0 spiro atoms. The lowest BCUT2D eigenvalue weighted by atomic mass is 9.55. The monoisotopic (exact) mass is 394 g/mol. The topological polar surface area (TPSA) is 32.8 Å². The van der Waals surface area contributed by atoms with Crippen LogP contribution in [0.4, 0.5) is 5.69 Å². The smallest absolute Gasteiger partial charge is 0.310 e. The summed E-state index contributed by atoms with van der Waals surface area (Å²) < 4.78 is 5.95. The summed E-state index contributed by atoms with van der Waals surface area (Å²) in [6.07, 6.45) is 5.92. The molecule has 2 aliphatic heterocycles. The first-order valence-corrected chi connectivity index (χ1v) is 11.4. The zero-order valence-corrected chi connectivity index (χ0v) is 17.7. The van der Waals surface area contributed by atoms with Crippen LogP contribution in [-0.2, 0) is 9.53 Å². The highest BCUT2D eigenvalue weighted by atomic mass is 16.6. The molecule has 4 nitrogen and oxygen atoms in total. The van der Waals surface area contributed by atoms with E-state index >= 15 is 0 Å². The average Bonchev–Trinajstić information content (AvgIpc) is 3.01. The molecule has 0 N–H and O–H groups in total. The number of para-hydroxylation sites is 1. The minimum atomic E-state index is 0.0440. The van der Waals surface area contributed by atoms with Crippen LogP contribution in [0.5, 0.6) is 0 Å². The Morgan fingerprint density at radius 1 is 1.17 bits per heavy atom. The second kappa shape index (κ2) is 7.46. The molecule has 2 heterocycles. The maximum Gasteiger partial charge on any atom is 0.310 e. The molecule has 0 aromatic heterocycles. The predicted molar refractivity (Wildman–Crippen MR) is 116 cm³/mol. The van der Waals surface area contributed by atoms with Crippen LogP contribution in [0.15, 0.2) is 42.5 Å². The predicted octanol–water partition coefficient (Wildman–Crippen LogP) is 4.12. The Morgan fingerprint density at radius 2 is 1.93 bits per heavy atom. The van der Waals surface area contributed by atoms with E-state index in [-0.39, 0.29) is 23.4 Å². The van der Waals surface area contributed by atoms with Crippen molar-refractivity contribution in [1.82, 2.24) is 4.90 Å². The summed E-state index contributed by atoms with van der Waals surface area (Å²) in [6.45, 7) is 11.8. The molecule has 5 atom stereocenters. The molecule has 29 heavy (non-hydrogen) atoms. The summed E-state index contributed by atoms with van der Waals surface area (Å²) in [4.78, 5) is 17.7. The second-order valence-electron chi connectivity index (χ2n) is 10.0. The number of nitrogens with zero attached hydrogens (tertiary/aromatic N) is 2. The van der Waals surface area contributed by atoms with E-state index in [2.05, 4.69) is 53.6 Å². The Hall–Kier alpha value is -1.81. The number of allylic oxidation sites excluding steroid dienone is 1. The van der Waals surface area contributed by atoms with Crippen LogP contribution in [0.3, 0.4) is 0 Å². The normalized spacial score (nSPS) is 37.8. The quantitative estimate of drug-likeness (QED) is 0.570. The highest BCUT2D eigenvalue weighted by Crippen LogP contribution is 2.56. The number of anilines is 1. The van der Waals surface area contributed by atoms with Gasteiger partial charge in [0.2, 0.25) is 0 Å². The van der Waals surface area contributed by atoms with E-state index in [1.54, 1.807) is 0 Å². The number of carbonyl (C=O) groups excluding carboxylic acids is 1. The third-order valence-electron chi connectivity index (χ3n) is 8.27. The average molecular weight is 395 g/mol. The number of hydrogen-bond acceptors (Lipinski definition) is 4. The van der Waals surface area contributed by atoms with Crippen molar-refractivity contribution in [2.45, 2.75) is 45.1 Å². The summed E-state index contributed by atoms with van der Waals surface area (Å²) in [5.74, 6) is 1.05. The number of benzene rings is 1. The zero-order valence-electron chi connectivity index (χ0n) is 17.7. The fourth-order valence-electron chi connectivity index (χ4n) is 6.57. The number of piperazine rings is 1. The standard InChI is InChI=1S/C25H34N2O2/c1-18-7-6-10-25(2)16-23-20(15-22(18)25)21(24(28)29-23)17-26-11-13-27(14-12-26)19-8-4-3-5-9-19/h3-5,8-9,20-23H,1,6-7,10-17H2,2H3/t20-,21?,22?,23-,25-/m1/s1. The molecule has 4 fully saturated rings. The largest absolute Gasteiger partial charge is 0.462 e. The van der Waals surface area contributed by atoms with Gasteiger partial charge < -0.3 is 9.64 Å². The number of hydrogen-bond donors (Lipinski definition) is 0. The molecule has 0 amide bonds. The maximum atomic E-state index is 12.8. The van der Waals surface area contributed by atoms with Gasteiger partial charge in [0, 0.05) is 44.3 Å². The lowest BCUT2D eigenvalue weighted by molar-refractivity contribution is -0.146. The summed E-state index contributed by atoms with van der Waals surface area (Å²) >= 11 is 0. The van der Waals surface area contributed by atoms with Crippen molar-refractivity contribution >= 4 is 11.7 Å². The van der Waals surface area contributed by atoms with Crippen LogP contribution in [-0.4, -0.2) is 49.7 Å². The van der Waals surface area contributed by atoms with Gasteiger partial charge in [-0.25, -0.2) is 0 Å². The van der Waals surface area contributed by atoms with E-state index in [0.717, 1.165) is 45.6 Å². The molecular formula is C25H34N2O2. The molecule has 156 valence electrons. The lowest BCUT2D eigenvalue weighted by Gasteiger charge is -2.50. The fraction of sp³-hybridized carbons (Fsp3) is 0.640. The van der Waals surface area contributed by atoms with E-state index < -0.39 is 0 Å². The third kappa shape index (κ3) is 3.50. The van der Waals surface area contributed by atoms with Crippen molar-refractivity contribution in [3.05, 3.63) is 42.5 Å². The van der Waals surface area contributed by atoms with E-state index in [9.17, 15) is 4.79 Å². The maximum absolute atomic E-state index is 12.8. The van der Waals surface area contributed by atoms with Gasteiger partial charge in [-0.2, -0.15) is 0 Å². The zero-order chi connectivity index (χ0) is 20.0. The van der Waals surface area contributed by atoms with Gasteiger partial charge in [0.25, 0.3) is 0 Å². The van der Waals surface area contributed by atoms with Crippen LogP contribution < -0.4 is 4.90 Å². The first-order valence-electron chi connectivity index (χ1n) is 11.4. The van der Waals surface area contributed by atoms with Gasteiger partial charge in [-0.05, 0) is 55.6 Å². The molecule has 0 radical (unpaired) electrons. The molecule has 2 saturated heterocycles. The van der Waals surface area contributed by atoms with Crippen LogP contribution in [0.2, 0.25) is 0 Å². The molecule has 5 rings (SSSR count). The van der Waals surface area contributed by atoms with Crippen molar-refractivity contribution in [2.24, 2.45) is 23.2 Å². The molecule has 0 bridgehead atoms. The molecule has 4 heteroatoms. The summed E-state index contributed by atoms with van der Waals surface area (Å²) in [5.41, 5.74) is 3.01. The van der Waals surface area contributed by atoms with Gasteiger partial charge in [0.15, 0.2) is 0 Å². The molecule has 2 saturated carbocycles. The van der Waals surface area contributed by atoms with Crippen molar-refractivity contribution in [2.75, 3.05) is 37.6 Å². The van der Waals surface area contributed by atoms with Gasteiger partial charge in [0.05, 0.1) is 5.92 Å². The molecule has 4 aliphatic rings. The molecular weight excluding hydrogens is 360 g/mol. The molecule has 2 aliphatic carbocycles. The first kappa shape index (κ1) is 19.2. The number of rotatable bonds is 3. The van der Waals surface area contributed by atoms with Gasteiger partial charge in [-0.3, -0.25) is 9.69 Å². The lowest BCUT2D eigenvalue weighted by Crippen LogP contribution is -2.50. The van der Waals surface area contributed by atoms with Gasteiger partial charge in [-0.1, -0.05) is 37.3 Å². The van der Waals surface area contributed by atoms with E-state index in [1.165, 1.54) is 30.5 Å². The van der Waals surface area contributed by atoms with Crippen molar-refractivity contribution in [3.8, 4) is 0 Å². The van der Waals surface area contributed by atoms with Crippen molar-refractivity contribution in [3.63, 3.8) is 0 Å². The van der Waals surface area contributed by atoms with Crippen molar-refractivity contribution in [1.29, 1.82) is 0 Å². The first-order chi connectivity index (χ1) is 14.0. The minimum absolute atomic E-state index is 0.0440. The van der Waals surface area contributed by atoms with Crippen LogP contribution >= 0.6 is 0 Å². The second-order valence-corrected chi connectivity index (χ2v) is 10.0. The Bertz CT molecular complexity index is 770. The summed E-state index contributed by atoms with van der Waals surface area (Å²) in [7, 11) is 0. The Balaban J connectivity index is 1.23. The highest BCUT2D eigenvalue weighted by Gasteiger charge is 2.55. The minimum Gasteiger partial charge on any atom is -0.462 e. The van der Waals surface area contributed by atoms with Gasteiger partial charge in [-0.15, -0.1) is 0 Å². The van der Waals surface area contributed by atoms with E-state index in [0.29, 0.717) is 11.8 Å². The number of ether oxygens (including phenoxy) is 1. The van der Waals surface area contributed by atoms with Crippen LogP contribution in [0, 0.1) is 23.2 Å². The van der Waals surface area contributed by atoms with Crippen LogP contribution in [0.1, 0.15) is 39.0 Å². The van der Waals surface area contributed by atoms with E-state index in [4.69, 9.17) is 4.74 Å². The number of carbonyl (C=O) groups is 1.